The van der Waals surface area contributed by atoms with Crippen molar-refractivity contribution in [2.24, 2.45) is 5.73 Å². The van der Waals surface area contributed by atoms with Crippen molar-refractivity contribution < 1.29 is 4.74 Å². The van der Waals surface area contributed by atoms with Crippen molar-refractivity contribution in [1.29, 1.82) is 0 Å². The molecule has 0 bridgehead atoms. The van der Waals surface area contributed by atoms with Gasteiger partial charge in [0.05, 0.1) is 15.1 Å². The Kier molecular flexibility index (Phi) is 4.58. The van der Waals surface area contributed by atoms with Gasteiger partial charge < -0.3 is 10.5 Å². The molecule has 0 aromatic heterocycles. The fourth-order valence-corrected chi connectivity index (χ4v) is 2.23. The smallest absolute Gasteiger partial charge is 0.147 e. The van der Waals surface area contributed by atoms with Crippen LogP contribution in [0.2, 0.25) is 15.1 Å². The summed E-state index contributed by atoms with van der Waals surface area (Å²) in [7, 11) is 0. The van der Waals surface area contributed by atoms with Crippen LogP contribution < -0.4 is 10.5 Å². The molecule has 0 saturated heterocycles. The van der Waals surface area contributed by atoms with Gasteiger partial charge in [0.15, 0.2) is 0 Å². The second kappa shape index (κ2) is 6.02. The fourth-order valence-electron chi connectivity index (χ4n) is 1.65. The first kappa shape index (κ1) is 14.5. The van der Waals surface area contributed by atoms with Crippen LogP contribution in [0.4, 0.5) is 0 Å². The van der Waals surface area contributed by atoms with Crippen LogP contribution >= 0.6 is 34.8 Å². The molecule has 2 aromatic carbocycles. The van der Waals surface area contributed by atoms with Gasteiger partial charge in [0.25, 0.3) is 0 Å². The Balaban J connectivity index is 2.39. The van der Waals surface area contributed by atoms with E-state index in [1.807, 2.05) is 31.2 Å². The Bertz CT molecular complexity index is 599. The molecule has 0 saturated carbocycles. The Morgan fingerprint density at radius 1 is 0.947 bits per heavy atom. The number of para-hydroxylation sites is 1. The molecule has 0 aliphatic carbocycles. The third kappa shape index (κ3) is 3.34. The summed E-state index contributed by atoms with van der Waals surface area (Å²) >= 11 is 17.9. The molecule has 2 nitrogen and oxygen atoms in total. The monoisotopic (exact) mass is 315 g/mol. The van der Waals surface area contributed by atoms with Crippen LogP contribution in [0.5, 0.6) is 11.5 Å². The van der Waals surface area contributed by atoms with Crippen LogP contribution in [0.3, 0.4) is 0 Å². The van der Waals surface area contributed by atoms with E-state index in [0.717, 1.165) is 5.56 Å². The third-order valence-electron chi connectivity index (χ3n) is 2.60. The molecule has 0 spiro atoms. The van der Waals surface area contributed by atoms with Gasteiger partial charge in [-0.15, -0.1) is 0 Å². The van der Waals surface area contributed by atoms with E-state index < -0.39 is 0 Å². The van der Waals surface area contributed by atoms with Crippen LogP contribution in [-0.4, -0.2) is 0 Å². The average Bonchev–Trinajstić information content (AvgIpc) is 2.36. The molecule has 0 aliphatic heterocycles. The Hall–Kier alpha value is -0.930. The standard InChI is InChI=1S/C14H12Cl3NO/c1-8(18)9-4-2-3-5-13(9)19-14-7-11(16)10(15)6-12(14)17/h2-8H,18H2,1H3/t8-/m1/s1. The number of ether oxygens (including phenoxy) is 1. The van der Waals surface area contributed by atoms with E-state index in [4.69, 9.17) is 45.3 Å². The highest BCUT2D eigenvalue weighted by Gasteiger charge is 2.12. The molecule has 0 fully saturated rings. The first-order valence-corrected chi connectivity index (χ1v) is 6.79. The zero-order valence-electron chi connectivity index (χ0n) is 10.2. The van der Waals surface area contributed by atoms with E-state index in [1.54, 1.807) is 12.1 Å². The predicted molar refractivity (Wildman–Crippen MR) is 80.6 cm³/mol. The highest BCUT2D eigenvalue weighted by Crippen LogP contribution is 2.37. The summed E-state index contributed by atoms with van der Waals surface area (Å²) in [4.78, 5) is 0. The average molecular weight is 317 g/mol. The molecule has 100 valence electrons. The molecule has 5 heteroatoms. The van der Waals surface area contributed by atoms with Crippen molar-refractivity contribution in [1.82, 2.24) is 0 Å². The lowest BCUT2D eigenvalue weighted by Gasteiger charge is -2.14. The molecule has 19 heavy (non-hydrogen) atoms. The number of rotatable bonds is 3. The lowest BCUT2D eigenvalue weighted by molar-refractivity contribution is 0.472. The van der Waals surface area contributed by atoms with Crippen molar-refractivity contribution >= 4 is 34.8 Å². The minimum Gasteiger partial charge on any atom is -0.455 e. The topological polar surface area (TPSA) is 35.2 Å². The summed E-state index contributed by atoms with van der Waals surface area (Å²) in [6.07, 6.45) is 0. The minimum absolute atomic E-state index is 0.141. The van der Waals surface area contributed by atoms with Crippen LogP contribution in [0, 0.1) is 0 Å². The van der Waals surface area contributed by atoms with Gasteiger partial charge in [-0.05, 0) is 19.1 Å². The van der Waals surface area contributed by atoms with Gasteiger partial charge in [-0.3, -0.25) is 0 Å². The van der Waals surface area contributed by atoms with E-state index >= 15 is 0 Å². The number of nitrogens with two attached hydrogens (primary N) is 1. The van der Waals surface area contributed by atoms with Crippen LogP contribution in [0.25, 0.3) is 0 Å². The highest BCUT2D eigenvalue weighted by molar-refractivity contribution is 6.43. The molecule has 2 aromatic rings. The Labute approximate surface area is 127 Å². The zero-order valence-corrected chi connectivity index (χ0v) is 12.4. The van der Waals surface area contributed by atoms with Gasteiger partial charge in [-0.2, -0.15) is 0 Å². The summed E-state index contributed by atoms with van der Waals surface area (Å²) in [5, 5.41) is 1.17. The van der Waals surface area contributed by atoms with Gasteiger partial charge in [-0.25, -0.2) is 0 Å². The first-order chi connectivity index (χ1) is 8.99. The normalized spacial score (nSPS) is 12.3. The summed E-state index contributed by atoms with van der Waals surface area (Å²) < 4.78 is 5.78. The molecule has 0 unspecified atom stereocenters. The maximum atomic E-state index is 6.08. The number of halogens is 3. The number of hydrogen-bond acceptors (Lipinski definition) is 2. The molecule has 0 amide bonds. The molecule has 2 N–H and O–H groups in total. The van der Waals surface area contributed by atoms with Gasteiger partial charge in [0.1, 0.15) is 11.5 Å². The van der Waals surface area contributed by atoms with Crippen LogP contribution in [0.15, 0.2) is 36.4 Å². The molecule has 2 rings (SSSR count). The molecule has 0 radical (unpaired) electrons. The molecular weight excluding hydrogens is 305 g/mol. The highest BCUT2D eigenvalue weighted by atomic mass is 35.5. The second-order valence-electron chi connectivity index (χ2n) is 4.13. The second-order valence-corrected chi connectivity index (χ2v) is 5.35. The van der Waals surface area contributed by atoms with Crippen LogP contribution in [0.1, 0.15) is 18.5 Å². The minimum atomic E-state index is -0.141. The van der Waals surface area contributed by atoms with E-state index in [-0.39, 0.29) is 6.04 Å². The van der Waals surface area contributed by atoms with Crippen molar-refractivity contribution in [3.8, 4) is 11.5 Å². The summed E-state index contributed by atoms with van der Waals surface area (Å²) in [5.41, 5.74) is 6.79. The summed E-state index contributed by atoms with van der Waals surface area (Å²) in [6.45, 7) is 1.89. The maximum absolute atomic E-state index is 6.08. The van der Waals surface area contributed by atoms with Crippen LogP contribution in [-0.2, 0) is 0 Å². The van der Waals surface area contributed by atoms with Gasteiger partial charge in [0.2, 0.25) is 0 Å². The predicted octanol–water partition coefficient (Wildman–Crippen LogP) is 5.46. The van der Waals surface area contributed by atoms with Gasteiger partial charge in [-0.1, -0.05) is 53.0 Å². The van der Waals surface area contributed by atoms with Crippen molar-refractivity contribution in [3.05, 3.63) is 57.0 Å². The van der Waals surface area contributed by atoms with Crippen molar-refractivity contribution in [2.75, 3.05) is 0 Å². The van der Waals surface area contributed by atoms with Crippen molar-refractivity contribution in [2.45, 2.75) is 13.0 Å². The zero-order chi connectivity index (χ0) is 14.0. The Morgan fingerprint density at radius 3 is 2.26 bits per heavy atom. The summed E-state index contributed by atoms with van der Waals surface area (Å²) in [5.74, 6) is 1.10. The van der Waals surface area contributed by atoms with E-state index in [1.165, 1.54) is 0 Å². The fraction of sp³-hybridized carbons (Fsp3) is 0.143. The van der Waals surface area contributed by atoms with Gasteiger partial charge >= 0.3 is 0 Å². The lowest BCUT2D eigenvalue weighted by atomic mass is 10.1. The largest absolute Gasteiger partial charge is 0.455 e. The van der Waals surface area contributed by atoms with Gasteiger partial charge in [0, 0.05) is 17.7 Å². The molecule has 0 heterocycles. The number of benzene rings is 2. The first-order valence-electron chi connectivity index (χ1n) is 5.66. The molecule has 0 aliphatic rings. The maximum Gasteiger partial charge on any atom is 0.147 e. The third-order valence-corrected chi connectivity index (χ3v) is 3.62. The SMILES string of the molecule is C[C@@H](N)c1ccccc1Oc1cc(Cl)c(Cl)cc1Cl. The quantitative estimate of drug-likeness (QED) is 0.763. The van der Waals surface area contributed by atoms with Crippen molar-refractivity contribution in [3.63, 3.8) is 0 Å². The summed E-state index contributed by atoms with van der Waals surface area (Å²) in [6, 6.07) is 10.5. The number of hydrogen-bond donors (Lipinski definition) is 1. The van der Waals surface area contributed by atoms with E-state index in [2.05, 4.69) is 0 Å². The molecule has 1 atom stereocenters. The molecular formula is C14H12Cl3NO. The van der Waals surface area contributed by atoms with E-state index in [9.17, 15) is 0 Å². The Morgan fingerprint density at radius 2 is 1.58 bits per heavy atom. The van der Waals surface area contributed by atoms with E-state index in [0.29, 0.717) is 26.6 Å². The lowest BCUT2D eigenvalue weighted by Crippen LogP contribution is -2.06.